The van der Waals surface area contributed by atoms with Crippen LogP contribution in [0.3, 0.4) is 0 Å². The van der Waals surface area contributed by atoms with Gasteiger partial charge in [0.2, 0.25) is 0 Å². The summed E-state index contributed by atoms with van der Waals surface area (Å²) in [5.41, 5.74) is 17.2. The summed E-state index contributed by atoms with van der Waals surface area (Å²) < 4.78 is 7.26. The number of anilines is 6. The van der Waals surface area contributed by atoms with Crippen molar-refractivity contribution in [3.8, 4) is 11.1 Å². The molecule has 394 valence electrons. The van der Waals surface area contributed by atoms with Crippen LogP contribution in [0.15, 0.2) is 271 Å². The summed E-state index contributed by atoms with van der Waals surface area (Å²) in [6.45, 7) is 13.7. The van der Waals surface area contributed by atoms with E-state index in [1.165, 1.54) is 87.6 Å². The zero-order chi connectivity index (χ0) is 55.5. The van der Waals surface area contributed by atoms with Crippen molar-refractivity contribution in [3.05, 3.63) is 300 Å². The smallest absolute Gasteiger partial charge is 0.137 e. The number of rotatable bonds is 8. The summed E-state index contributed by atoms with van der Waals surface area (Å²) >= 11 is 0. The van der Waals surface area contributed by atoms with Gasteiger partial charge >= 0.3 is 0 Å². The van der Waals surface area contributed by atoms with E-state index >= 15 is 0 Å². The van der Waals surface area contributed by atoms with Gasteiger partial charge in [0, 0.05) is 39.4 Å². The molecule has 1 aromatic heterocycles. The van der Waals surface area contributed by atoms with Gasteiger partial charge in [-0.15, -0.1) is 0 Å². The SMILES string of the molecule is CC(C)(C)c1ccc(N(c2ccc3ccccc3c2)c2ccc3c4c(c5ccccc5c3c2)-c2c(cc3oc5ccccc5c3c2N(c2ccc(C(C)(C)C)cc2)c2ccc3ccccc3c2)C4(c2ccccc2)c2ccccc2)cc1. The Morgan fingerprint density at radius 1 is 0.317 bits per heavy atom. The minimum Gasteiger partial charge on any atom is -0.456 e. The quantitative estimate of drug-likeness (QED) is 0.141. The fourth-order valence-electron chi connectivity index (χ4n) is 13.6. The van der Waals surface area contributed by atoms with E-state index in [0.717, 1.165) is 56.1 Å². The first kappa shape index (κ1) is 49.4. The molecule has 13 aromatic carbocycles. The van der Waals surface area contributed by atoms with E-state index in [1.54, 1.807) is 0 Å². The molecule has 14 aromatic rings. The Bertz CT molecular complexity index is 4770. The van der Waals surface area contributed by atoms with E-state index in [1.807, 2.05) is 0 Å². The van der Waals surface area contributed by atoms with Crippen LogP contribution in [0.1, 0.15) is 74.9 Å². The molecule has 82 heavy (non-hydrogen) atoms. The van der Waals surface area contributed by atoms with E-state index < -0.39 is 5.41 Å². The molecule has 0 radical (unpaired) electrons. The molecular formula is C79H62N2O. The summed E-state index contributed by atoms with van der Waals surface area (Å²) in [5, 5.41) is 11.7. The monoisotopic (exact) mass is 1050 g/mol. The molecule has 1 aliphatic rings. The molecular weight excluding hydrogens is 993 g/mol. The third kappa shape index (κ3) is 7.71. The minimum atomic E-state index is -0.829. The topological polar surface area (TPSA) is 19.6 Å². The standard InChI is InChI=1S/C79H62N2O/c1-77(2,3)55-35-41-59(42-36-55)80(61-39-33-51-21-13-15-23-53(51)47-61)63-45-46-66-68(49-63)64-29-17-18-30-65(64)73-74-69(79(75(66)73,57-25-9-7-10-26-57)58-27-11-8-12-28-58)50-71-72(67-31-19-20-32-70(67)82-71)76(74)81(60-43-37-56(38-44-60)78(4,5)6)62-40-34-52-22-14-16-24-54(52)48-62/h7-50H,1-6H3. The van der Waals surface area contributed by atoms with Crippen LogP contribution in [0.2, 0.25) is 0 Å². The van der Waals surface area contributed by atoms with E-state index in [9.17, 15) is 0 Å². The van der Waals surface area contributed by atoms with E-state index in [-0.39, 0.29) is 10.8 Å². The third-order valence-electron chi connectivity index (χ3n) is 17.5. The van der Waals surface area contributed by atoms with E-state index in [4.69, 9.17) is 4.42 Å². The highest BCUT2D eigenvalue weighted by Gasteiger charge is 2.50. The lowest BCUT2D eigenvalue weighted by molar-refractivity contribution is 0.590. The van der Waals surface area contributed by atoms with Crippen molar-refractivity contribution >= 4 is 99.2 Å². The molecule has 0 saturated carbocycles. The molecule has 0 aliphatic heterocycles. The largest absolute Gasteiger partial charge is 0.456 e. The second-order valence-electron chi connectivity index (χ2n) is 24.5. The Balaban J connectivity index is 1.11. The zero-order valence-electron chi connectivity index (χ0n) is 47.2. The highest BCUT2D eigenvalue weighted by atomic mass is 16.3. The molecule has 0 N–H and O–H groups in total. The van der Waals surface area contributed by atoms with Crippen molar-refractivity contribution in [1.29, 1.82) is 0 Å². The molecule has 1 heterocycles. The first-order valence-electron chi connectivity index (χ1n) is 28.8. The highest BCUT2D eigenvalue weighted by molar-refractivity contribution is 6.26. The maximum Gasteiger partial charge on any atom is 0.137 e. The molecule has 0 atom stereocenters. The summed E-state index contributed by atoms with van der Waals surface area (Å²) in [6, 6.07) is 99.7. The molecule has 0 unspecified atom stereocenters. The lowest BCUT2D eigenvalue weighted by Gasteiger charge is -2.35. The van der Waals surface area contributed by atoms with Gasteiger partial charge in [-0.2, -0.15) is 0 Å². The summed E-state index contributed by atoms with van der Waals surface area (Å²) in [4.78, 5) is 4.99. The Morgan fingerprint density at radius 2 is 0.768 bits per heavy atom. The number of hydrogen-bond acceptors (Lipinski definition) is 3. The number of para-hydroxylation sites is 1. The van der Waals surface area contributed by atoms with Crippen LogP contribution in [-0.2, 0) is 16.2 Å². The highest BCUT2D eigenvalue weighted by Crippen LogP contribution is 2.65. The predicted molar refractivity (Wildman–Crippen MR) is 348 cm³/mol. The lowest BCUT2D eigenvalue weighted by atomic mass is 9.66. The summed E-state index contributed by atoms with van der Waals surface area (Å²) in [7, 11) is 0. The van der Waals surface area contributed by atoms with Gasteiger partial charge < -0.3 is 14.2 Å². The fourth-order valence-corrected chi connectivity index (χ4v) is 13.6. The van der Waals surface area contributed by atoms with E-state index in [2.05, 4.69) is 318 Å². The normalized spacial score (nSPS) is 13.1. The van der Waals surface area contributed by atoms with Crippen LogP contribution in [0.5, 0.6) is 0 Å². The molecule has 3 heteroatoms. The minimum absolute atomic E-state index is 0.00897. The average molecular weight is 1060 g/mol. The first-order chi connectivity index (χ1) is 39.9. The molecule has 15 rings (SSSR count). The Morgan fingerprint density at radius 3 is 1.34 bits per heavy atom. The van der Waals surface area contributed by atoms with Gasteiger partial charge in [-0.25, -0.2) is 0 Å². The molecule has 0 spiro atoms. The summed E-state index contributed by atoms with van der Waals surface area (Å²) in [6.07, 6.45) is 0. The van der Waals surface area contributed by atoms with Crippen molar-refractivity contribution in [2.75, 3.05) is 9.80 Å². The van der Waals surface area contributed by atoms with Crippen LogP contribution in [0, 0.1) is 0 Å². The predicted octanol–water partition coefficient (Wildman–Crippen LogP) is 22.1. The second kappa shape index (κ2) is 18.7. The Labute approximate surface area is 480 Å². The summed E-state index contributed by atoms with van der Waals surface area (Å²) in [5.74, 6) is 0. The van der Waals surface area contributed by atoms with Gasteiger partial charge in [-0.3, -0.25) is 0 Å². The van der Waals surface area contributed by atoms with Gasteiger partial charge in [0.1, 0.15) is 11.2 Å². The van der Waals surface area contributed by atoms with Crippen molar-refractivity contribution < 1.29 is 4.42 Å². The van der Waals surface area contributed by atoms with Gasteiger partial charge in [-0.1, -0.05) is 236 Å². The van der Waals surface area contributed by atoms with Crippen molar-refractivity contribution in [1.82, 2.24) is 0 Å². The van der Waals surface area contributed by atoms with Gasteiger partial charge in [0.05, 0.1) is 16.5 Å². The first-order valence-corrected chi connectivity index (χ1v) is 28.8. The van der Waals surface area contributed by atoms with E-state index in [0.29, 0.717) is 0 Å². The third-order valence-corrected chi connectivity index (χ3v) is 17.5. The lowest BCUT2D eigenvalue weighted by Crippen LogP contribution is -2.29. The van der Waals surface area contributed by atoms with Crippen molar-refractivity contribution in [2.45, 2.75) is 57.8 Å². The number of hydrogen-bond donors (Lipinski definition) is 0. The molecule has 0 fully saturated rings. The maximum absolute atomic E-state index is 7.26. The number of furan rings is 1. The fraction of sp³-hybridized carbons (Fsp3) is 0.114. The van der Waals surface area contributed by atoms with Crippen molar-refractivity contribution in [2.24, 2.45) is 0 Å². The second-order valence-corrected chi connectivity index (χ2v) is 24.5. The zero-order valence-corrected chi connectivity index (χ0v) is 47.2. The Hall–Kier alpha value is -9.70. The number of benzene rings is 13. The van der Waals surface area contributed by atoms with Crippen LogP contribution in [0.25, 0.3) is 76.2 Å². The van der Waals surface area contributed by atoms with Crippen LogP contribution >= 0.6 is 0 Å². The van der Waals surface area contributed by atoms with Gasteiger partial charge in [0.15, 0.2) is 0 Å². The van der Waals surface area contributed by atoms with Gasteiger partial charge in [0.25, 0.3) is 0 Å². The maximum atomic E-state index is 7.26. The molecule has 0 bridgehead atoms. The van der Waals surface area contributed by atoms with Crippen LogP contribution < -0.4 is 9.80 Å². The molecule has 0 amide bonds. The average Bonchev–Trinajstić information content (AvgIpc) is 2.19. The number of fused-ring (bicyclic) bond motifs is 13. The molecule has 3 nitrogen and oxygen atoms in total. The van der Waals surface area contributed by atoms with Crippen LogP contribution in [-0.4, -0.2) is 0 Å². The molecule has 1 aliphatic carbocycles. The number of nitrogens with zero attached hydrogens (tertiary/aromatic N) is 2. The van der Waals surface area contributed by atoms with Gasteiger partial charge in [-0.05, 0) is 166 Å². The van der Waals surface area contributed by atoms with Crippen molar-refractivity contribution in [3.63, 3.8) is 0 Å². The van der Waals surface area contributed by atoms with Crippen LogP contribution in [0.4, 0.5) is 34.1 Å². The Kier molecular flexibility index (Phi) is 11.2. The molecule has 0 saturated heterocycles.